The maximum atomic E-state index is 13.0. The molecule has 0 spiro atoms. The van der Waals surface area contributed by atoms with Crippen molar-refractivity contribution in [2.75, 3.05) is 36.3 Å². The number of carbonyl (C=O) groups excluding carboxylic acids is 1. The van der Waals surface area contributed by atoms with E-state index in [0.29, 0.717) is 55.4 Å². The molecule has 2 aliphatic rings. The number of amides is 1. The van der Waals surface area contributed by atoms with E-state index in [1.165, 1.54) is 4.31 Å². The topological polar surface area (TPSA) is 76.2 Å². The Morgan fingerprint density at radius 1 is 1.14 bits per heavy atom. The van der Waals surface area contributed by atoms with E-state index in [1.54, 1.807) is 29.2 Å². The largest absolute Gasteiger partial charge is 0.486 e. The van der Waals surface area contributed by atoms with Gasteiger partial charge < -0.3 is 14.4 Å². The van der Waals surface area contributed by atoms with Crippen LogP contribution >= 0.6 is 0 Å². The molecule has 7 nitrogen and oxygen atoms in total. The first kappa shape index (κ1) is 19.6. The van der Waals surface area contributed by atoms with Gasteiger partial charge in [-0.2, -0.15) is 0 Å². The Bertz CT molecular complexity index is 990. The number of likely N-dealkylation sites (N-methyl/N-ethyl adjacent to an activating group) is 1. The van der Waals surface area contributed by atoms with Crippen LogP contribution in [0.3, 0.4) is 0 Å². The minimum atomic E-state index is -3.23. The molecule has 1 amide bonds. The van der Waals surface area contributed by atoms with E-state index in [2.05, 4.69) is 0 Å². The molecule has 1 unspecified atom stereocenters. The lowest BCUT2D eigenvalue weighted by atomic mass is 10.1. The van der Waals surface area contributed by atoms with Crippen molar-refractivity contribution in [2.45, 2.75) is 19.4 Å². The van der Waals surface area contributed by atoms with Gasteiger partial charge in [-0.1, -0.05) is 12.1 Å². The van der Waals surface area contributed by atoms with Gasteiger partial charge in [0.15, 0.2) is 17.6 Å². The van der Waals surface area contributed by atoms with Crippen LogP contribution in [0.2, 0.25) is 0 Å². The van der Waals surface area contributed by atoms with Crippen molar-refractivity contribution in [1.82, 2.24) is 4.90 Å². The fraction of sp³-hybridized carbons (Fsp3) is 0.381. The highest BCUT2D eigenvalue weighted by Crippen LogP contribution is 2.31. The molecule has 154 valence electrons. The summed E-state index contributed by atoms with van der Waals surface area (Å²) in [5.41, 5.74) is 1.12. The quantitative estimate of drug-likeness (QED) is 0.749. The average Bonchev–Trinajstić information content (AvgIpc) is 3.10. The zero-order valence-electron chi connectivity index (χ0n) is 16.3. The Labute approximate surface area is 170 Å². The summed E-state index contributed by atoms with van der Waals surface area (Å²) in [5.74, 6) is 1.45. The molecule has 2 heterocycles. The smallest absolute Gasteiger partial charge is 0.253 e. The first-order chi connectivity index (χ1) is 14.0. The summed E-state index contributed by atoms with van der Waals surface area (Å²) in [6.45, 7) is 3.72. The van der Waals surface area contributed by atoms with Crippen molar-refractivity contribution in [2.24, 2.45) is 0 Å². The summed E-state index contributed by atoms with van der Waals surface area (Å²) in [5, 5.41) is 0. The third-order valence-electron chi connectivity index (χ3n) is 5.16. The lowest BCUT2D eigenvalue weighted by Gasteiger charge is -2.31. The maximum absolute atomic E-state index is 13.0. The molecule has 0 bridgehead atoms. The van der Waals surface area contributed by atoms with Gasteiger partial charge in [-0.05, 0) is 49.7 Å². The highest BCUT2D eigenvalue weighted by atomic mass is 32.2. The average molecular weight is 416 g/mol. The lowest BCUT2D eigenvalue weighted by Crippen LogP contribution is -2.43. The molecule has 2 aromatic rings. The number of hydrogen-bond acceptors (Lipinski definition) is 5. The molecule has 1 atom stereocenters. The van der Waals surface area contributed by atoms with E-state index in [-0.39, 0.29) is 17.8 Å². The van der Waals surface area contributed by atoms with Gasteiger partial charge in [-0.15, -0.1) is 0 Å². The Morgan fingerprint density at radius 2 is 1.86 bits per heavy atom. The molecule has 2 aromatic carbocycles. The summed E-state index contributed by atoms with van der Waals surface area (Å²) in [4.78, 5) is 14.7. The van der Waals surface area contributed by atoms with E-state index < -0.39 is 10.0 Å². The van der Waals surface area contributed by atoms with Crippen molar-refractivity contribution in [1.29, 1.82) is 0 Å². The van der Waals surface area contributed by atoms with Crippen LogP contribution in [0.1, 0.15) is 23.7 Å². The van der Waals surface area contributed by atoms with Crippen LogP contribution in [0.4, 0.5) is 5.69 Å². The van der Waals surface area contributed by atoms with Crippen molar-refractivity contribution >= 4 is 21.6 Å². The van der Waals surface area contributed by atoms with E-state index in [0.717, 1.165) is 0 Å². The molecule has 1 saturated heterocycles. The number of nitrogens with zero attached hydrogens (tertiary/aromatic N) is 2. The van der Waals surface area contributed by atoms with E-state index >= 15 is 0 Å². The number of carbonyl (C=O) groups is 1. The molecule has 0 saturated carbocycles. The molecular formula is C21H24N2O5S. The second-order valence-electron chi connectivity index (χ2n) is 7.13. The minimum Gasteiger partial charge on any atom is -0.486 e. The number of para-hydroxylation sites is 2. The molecule has 4 rings (SSSR count). The second-order valence-corrected chi connectivity index (χ2v) is 9.14. The standard InChI is InChI=1S/C21H24N2O5S/c1-2-22(14-18-15-27-19-6-3-4-7-20(19)28-18)21(24)16-8-10-17(11-9-16)23-12-5-13-29(23,25)26/h3-4,6-11,18H,2,5,12-15H2,1H3. The van der Waals surface area contributed by atoms with Crippen LogP contribution in [0, 0.1) is 0 Å². The monoisotopic (exact) mass is 416 g/mol. The van der Waals surface area contributed by atoms with E-state index in [9.17, 15) is 13.2 Å². The molecule has 29 heavy (non-hydrogen) atoms. The molecule has 0 aromatic heterocycles. The fourth-order valence-corrected chi connectivity index (χ4v) is 5.20. The summed E-state index contributed by atoms with van der Waals surface area (Å²) in [6.07, 6.45) is 0.377. The number of ether oxygens (including phenoxy) is 2. The SMILES string of the molecule is CCN(CC1COc2ccccc2O1)C(=O)c1ccc(N2CCCS2(=O)=O)cc1. The summed E-state index contributed by atoms with van der Waals surface area (Å²) < 4.78 is 37.2. The summed E-state index contributed by atoms with van der Waals surface area (Å²) >= 11 is 0. The molecule has 1 fully saturated rings. The first-order valence-corrected chi connectivity index (χ1v) is 11.4. The predicted molar refractivity (Wildman–Crippen MR) is 110 cm³/mol. The second kappa shape index (κ2) is 7.94. The third kappa shape index (κ3) is 4.03. The van der Waals surface area contributed by atoms with Crippen molar-refractivity contribution < 1.29 is 22.7 Å². The Balaban J connectivity index is 1.44. The van der Waals surface area contributed by atoms with Crippen LogP contribution in [-0.2, 0) is 10.0 Å². The molecular weight excluding hydrogens is 392 g/mol. The molecule has 8 heteroatoms. The van der Waals surface area contributed by atoms with E-state index in [4.69, 9.17) is 9.47 Å². The number of fused-ring (bicyclic) bond motifs is 1. The van der Waals surface area contributed by atoms with Crippen molar-refractivity contribution in [3.63, 3.8) is 0 Å². The van der Waals surface area contributed by atoms with E-state index in [1.807, 2.05) is 31.2 Å². The number of anilines is 1. The number of hydrogen-bond donors (Lipinski definition) is 0. The van der Waals surface area contributed by atoms with Gasteiger partial charge in [0.2, 0.25) is 10.0 Å². The zero-order valence-corrected chi connectivity index (χ0v) is 17.1. The highest BCUT2D eigenvalue weighted by molar-refractivity contribution is 7.93. The van der Waals surface area contributed by atoms with Crippen molar-refractivity contribution in [3.8, 4) is 11.5 Å². The Hall–Kier alpha value is -2.74. The lowest BCUT2D eigenvalue weighted by molar-refractivity contribution is 0.0475. The van der Waals surface area contributed by atoms with Gasteiger partial charge in [-0.3, -0.25) is 9.10 Å². The number of benzene rings is 2. The predicted octanol–water partition coefficient (Wildman–Crippen LogP) is 2.53. The normalized spacial score (nSPS) is 19.8. The van der Waals surface area contributed by atoms with Gasteiger partial charge >= 0.3 is 0 Å². The van der Waals surface area contributed by atoms with Crippen LogP contribution in [0.5, 0.6) is 11.5 Å². The Morgan fingerprint density at radius 3 is 2.52 bits per heavy atom. The van der Waals surface area contributed by atoms with Crippen LogP contribution in [0.25, 0.3) is 0 Å². The van der Waals surface area contributed by atoms with Crippen molar-refractivity contribution in [3.05, 3.63) is 54.1 Å². The van der Waals surface area contributed by atoms with Gasteiger partial charge in [0, 0.05) is 18.7 Å². The summed E-state index contributed by atoms with van der Waals surface area (Å²) in [7, 11) is -3.23. The van der Waals surface area contributed by atoms with Crippen LogP contribution in [0.15, 0.2) is 48.5 Å². The summed E-state index contributed by atoms with van der Waals surface area (Å²) in [6, 6.07) is 14.2. The number of rotatable bonds is 5. The molecule has 2 aliphatic heterocycles. The van der Waals surface area contributed by atoms with Crippen LogP contribution < -0.4 is 13.8 Å². The minimum absolute atomic E-state index is 0.120. The van der Waals surface area contributed by atoms with Crippen LogP contribution in [-0.4, -0.2) is 57.3 Å². The molecule has 0 radical (unpaired) electrons. The van der Waals surface area contributed by atoms with Gasteiger partial charge in [0.05, 0.1) is 18.0 Å². The number of sulfonamides is 1. The third-order valence-corrected chi connectivity index (χ3v) is 7.03. The van der Waals surface area contributed by atoms with Gasteiger partial charge in [0.25, 0.3) is 5.91 Å². The van der Waals surface area contributed by atoms with Gasteiger partial charge in [0.1, 0.15) is 6.61 Å². The maximum Gasteiger partial charge on any atom is 0.253 e. The molecule has 0 N–H and O–H groups in total. The Kier molecular flexibility index (Phi) is 5.36. The molecule has 0 aliphatic carbocycles. The first-order valence-electron chi connectivity index (χ1n) is 9.76. The van der Waals surface area contributed by atoms with Gasteiger partial charge in [-0.25, -0.2) is 8.42 Å². The fourth-order valence-electron chi connectivity index (χ4n) is 3.64. The zero-order chi connectivity index (χ0) is 20.4. The highest BCUT2D eigenvalue weighted by Gasteiger charge is 2.29.